The average molecular weight is 769 g/mol. The van der Waals surface area contributed by atoms with Crippen LogP contribution in [0.5, 0.6) is 0 Å². The van der Waals surface area contributed by atoms with Crippen LogP contribution in [0.25, 0.3) is 11.1 Å². The van der Waals surface area contributed by atoms with E-state index in [1.807, 2.05) is 0 Å². The first-order valence-electron chi connectivity index (χ1n) is 17.8. The maximum Gasteiger partial charge on any atom is -1.00 e. The predicted molar refractivity (Wildman–Crippen MR) is 202 cm³/mol. The van der Waals surface area contributed by atoms with Crippen LogP contribution in [-0.4, -0.2) is 3.21 Å². The molecule has 1 atom stereocenters. The van der Waals surface area contributed by atoms with E-state index in [0.29, 0.717) is 5.92 Å². The Kier molecular flexibility index (Phi) is 12.2. The minimum atomic E-state index is -2.95. The fraction of sp³-hybridized carbons (Fsp3) is 0.370. The molecule has 0 amide bonds. The molecule has 4 aromatic carbocycles. The molecule has 3 heteroatoms. The van der Waals surface area contributed by atoms with Crippen molar-refractivity contribution in [2.45, 2.75) is 99.3 Å². The molecule has 0 fully saturated rings. The number of hydrogen-bond donors (Lipinski definition) is 0. The second-order valence-corrected chi connectivity index (χ2v) is 22.6. The van der Waals surface area contributed by atoms with Gasteiger partial charge in [0.2, 0.25) is 0 Å². The summed E-state index contributed by atoms with van der Waals surface area (Å²) in [6, 6.07) is 35.2. The van der Waals surface area contributed by atoms with Crippen LogP contribution in [0.4, 0.5) is 0 Å². The second-order valence-electron chi connectivity index (χ2n) is 16.9. The summed E-state index contributed by atoms with van der Waals surface area (Å²) in [4.78, 5) is 0. The molecular weight excluding hydrogens is 715 g/mol. The molecule has 0 saturated carbocycles. The van der Waals surface area contributed by atoms with Crippen molar-refractivity contribution in [3.8, 4) is 11.1 Å². The van der Waals surface area contributed by atoms with E-state index in [4.69, 9.17) is 0 Å². The Morgan fingerprint density at radius 2 is 1.24 bits per heavy atom. The summed E-state index contributed by atoms with van der Waals surface area (Å²) < 4.78 is 5.10. The number of rotatable bonds is 6. The van der Waals surface area contributed by atoms with E-state index < -0.39 is 21.3 Å². The summed E-state index contributed by atoms with van der Waals surface area (Å²) in [6.45, 7) is 23.9. The monoisotopic (exact) mass is 766 g/mol. The first-order valence-corrected chi connectivity index (χ1v) is 21.5. The zero-order valence-electron chi connectivity index (χ0n) is 31.3. The molecule has 2 aliphatic rings. The van der Waals surface area contributed by atoms with Crippen molar-refractivity contribution in [3.63, 3.8) is 0 Å². The summed E-state index contributed by atoms with van der Waals surface area (Å²) in [7, 11) is 0. The van der Waals surface area contributed by atoms with Crippen molar-refractivity contribution >= 4 is 6.48 Å². The van der Waals surface area contributed by atoms with Crippen LogP contribution in [0, 0.1) is 11.3 Å². The Balaban J connectivity index is 0.00000270. The van der Waals surface area contributed by atoms with Crippen LogP contribution in [0.2, 0.25) is 0 Å². The van der Waals surface area contributed by atoms with Crippen LogP contribution in [0.15, 0.2) is 112 Å². The zero-order chi connectivity index (χ0) is 33.7. The third-order valence-electron chi connectivity index (χ3n) is 10.2. The van der Waals surface area contributed by atoms with E-state index >= 15 is 0 Å². The molecule has 0 nitrogen and oxygen atoms in total. The Morgan fingerprint density at radius 1 is 0.673 bits per heavy atom. The summed E-state index contributed by atoms with van der Waals surface area (Å²) in [5.41, 5.74) is 13.6. The maximum absolute atomic E-state index is 2.95. The first-order chi connectivity index (χ1) is 22.2. The van der Waals surface area contributed by atoms with Crippen molar-refractivity contribution < 1.29 is 46.1 Å². The van der Waals surface area contributed by atoms with Gasteiger partial charge in [0.1, 0.15) is 0 Å². The van der Waals surface area contributed by atoms with Crippen LogP contribution in [0.3, 0.4) is 0 Å². The van der Waals surface area contributed by atoms with E-state index in [1.54, 1.807) is 20.9 Å². The van der Waals surface area contributed by atoms with Gasteiger partial charge < -0.3 is 24.8 Å². The van der Waals surface area contributed by atoms with Gasteiger partial charge in [-0.2, -0.15) is 0 Å². The summed E-state index contributed by atoms with van der Waals surface area (Å²) in [5, 5.41) is 0. The molecule has 0 radical (unpaired) electrons. The third kappa shape index (κ3) is 7.96. The minimum Gasteiger partial charge on any atom is -1.00 e. The molecule has 0 N–H and O–H groups in total. The number of hydrogen-bond acceptors (Lipinski definition) is 0. The maximum atomic E-state index is 2.70. The summed E-state index contributed by atoms with van der Waals surface area (Å²) in [6.07, 6.45) is 8.80. The number of fused-ring (bicyclic) bond motifs is 3. The molecule has 49 heavy (non-hydrogen) atoms. The molecule has 2 aliphatic carbocycles. The smallest absolute Gasteiger partial charge is 1.00 e. The SMILES string of the molecule is CCCC1C=C(C(C)(C)C)C=[C]1[Zr+2](=[C](c1ccccc1)c1ccccc1)[c]1c(C(C)(C)C)ccc2c1Cc1cc(C(C)(C)C)ccc1-2.[Cl-].[Cl-]. The Morgan fingerprint density at radius 3 is 1.76 bits per heavy atom. The van der Waals surface area contributed by atoms with E-state index in [1.165, 1.54) is 51.8 Å². The summed E-state index contributed by atoms with van der Waals surface area (Å²) >= 11 is -2.95. The molecule has 1 unspecified atom stereocenters. The van der Waals surface area contributed by atoms with E-state index in [2.05, 4.69) is 172 Å². The Bertz CT molecular complexity index is 1850. The zero-order valence-corrected chi connectivity index (χ0v) is 35.2. The minimum absolute atomic E-state index is 0. The van der Waals surface area contributed by atoms with Gasteiger partial charge in [-0.15, -0.1) is 0 Å². The average Bonchev–Trinajstić information content (AvgIpc) is 3.61. The molecule has 4 aromatic rings. The molecule has 0 spiro atoms. The van der Waals surface area contributed by atoms with Crippen molar-refractivity contribution in [3.05, 3.63) is 145 Å². The number of allylic oxidation sites excluding steroid dienone is 4. The largest absolute Gasteiger partial charge is 1.00 e. The normalized spacial score (nSPS) is 15.2. The Hall–Kier alpha value is -2.31. The van der Waals surface area contributed by atoms with E-state index in [0.717, 1.165) is 6.42 Å². The molecule has 0 saturated heterocycles. The fourth-order valence-electron chi connectivity index (χ4n) is 7.64. The molecule has 0 heterocycles. The van der Waals surface area contributed by atoms with Gasteiger partial charge in [0.15, 0.2) is 0 Å². The van der Waals surface area contributed by atoms with E-state index in [9.17, 15) is 0 Å². The molecule has 6 rings (SSSR count). The molecule has 0 aliphatic heterocycles. The molecule has 0 bridgehead atoms. The fourth-order valence-corrected chi connectivity index (χ4v) is 17.2. The van der Waals surface area contributed by atoms with Gasteiger partial charge in [0, 0.05) is 0 Å². The van der Waals surface area contributed by atoms with Gasteiger partial charge in [-0.25, -0.2) is 0 Å². The van der Waals surface area contributed by atoms with Gasteiger partial charge >= 0.3 is 295 Å². The van der Waals surface area contributed by atoms with Crippen LogP contribution in [0.1, 0.15) is 115 Å². The molecular formula is C46H54Cl2Zr. The van der Waals surface area contributed by atoms with Crippen molar-refractivity contribution in [2.75, 3.05) is 0 Å². The van der Waals surface area contributed by atoms with Gasteiger partial charge in [-0.1, -0.05) is 0 Å². The topological polar surface area (TPSA) is 0 Å². The van der Waals surface area contributed by atoms with Crippen LogP contribution in [-0.2, 0) is 38.5 Å². The second kappa shape index (κ2) is 15.1. The quantitative estimate of drug-likeness (QED) is 0.210. The van der Waals surface area contributed by atoms with Gasteiger partial charge in [0.05, 0.1) is 0 Å². The van der Waals surface area contributed by atoms with Crippen molar-refractivity contribution in [1.29, 1.82) is 0 Å². The standard InChI is InChI=1S/C21H25.C13H10.C12H19.2ClH.Zr/c1-20(2,3)16-7-9-18-14(12-16)11-15-13-17(21(4,5)6)8-10-19(15)18;1-3-7-12(8-4-1)11-13-9-5-2-6-10-13;1-5-6-10-7-8-11(9-10)12(2,3)4;;;/h7-10,12H,11H2,1-6H3;1-10H;8-10H,5-6H2,1-4H3;2*1H;/q;;;;;+2/p-2. The first kappa shape index (κ1) is 39.5. The van der Waals surface area contributed by atoms with Crippen molar-refractivity contribution in [1.82, 2.24) is 0 Å². The van der Waals surface area contributed by atoms with Crippen LogP contribution >= 0.6 is 0 Å². The van der Waals surface area contributed by atoms with Gasteiger partial charge in [-0.05, 0) is 0 Å². The van der Waals surface area contributed by atoms with Crippen LogP contribution < -0.4 is 28.1 Å². The summed E-state index contributed by atoms with van der Waals surface area (Å²) in [5.74, 6) is 0.492. The predicted octanol–water partition coefficient (Wildman–Crippen LogP) is 5.66. The Labute approximate surface area is 317 Å². The molecule has 0 aromatic heterocycles. The van der Waals surface area contributed by atoms with Crippen molar-refractivity contribution in [2.24, 2.45) is 11.3 Å². The van der Waals surface area contributed by atoms with E-state index in [-0.39, 0.29) is 41.1 Å². The number of benzene rings is 4. The third-order valence-corrected chi connectivity index (χ3v) is 18.2. The molecule has 256 valence electrons. The number of halogens is 2. The van der Waals surface area contributed by atoms with Gasteiger partial charge in [-0.3, -0.25) is 0 Å². The van der Waals surface area contributed by atoms with Gasteiger partial charge in [0.25, 0.3) is 0 Å².